The van der Waals surface area contributed by atoms with E-state index in [2.05, 4.69) is 40.7 Å². The van der Waals surface area contributed by atoms with Gasteiger partial charge in [-0.3, -0.25) is 5.10 Å². The molecule has 0 radical (unpaired) electrons. The molecular weight excluding hydrogens is 446 g/mol. The number of anilines is 3. The van der Waals surface area contributed by atoms with E-state index in [9.17, 15) is 4.79 Å². The van der Waals surface area contributed by atoms with Crippen molar-refractivity contribution >= 4 is 23.6 Å². The molecule has 0 aromatic carbocycles. The molecule has 1 saturated heterocycles. The second kappa shape index (κ2) is 10.6. The number of ether oxygens (including phenoxy) is 1. The minimum atomic E-state index is -0.166. The van der Waals surface area contributed by atoms with Crippen LogP contribution in [0.3, 0.4) is 0 Å². The Bertz CT molecular complexity index is 1140. The van der Waals surface area contributed by atoms with Crippen molar-refractivity contribution in [1.82, 2.24) is 35.4 Å². The second-order valence-electron chi connectivity index (χ2n) is 9.00. The van der Waals surface area contributed by atoms with E-state index in [4.69, 9.17) is 4.74 Å². The van der Waals surface area contributed by atoms with Crippen LogP contribution in [0, 0.1) is 13.8 Å². The van der Waals surface area contributed by atoms with Gasteiger partial charge in [0.2, 0.25) is 11.8 Å². The average Bonchev–Trinajstić information content (AvgIpc) is 3.23. The normalized spacial score (nSPS) is 14.7. The smallest absolute Gasteiger partial charge is 0.317 e. The number of amides is 2. The molecule has 3 aromatic rings. The fraction of sp³-hybridized carbons (Fsp3) is 0.458. The van der Waals surface area contributed by atoms with E-state index in [1.165, 1.54) is 0 Å². The lowest BCUT2D eigenvalue weighted by atomic mass is 10.1. The van der Waals surface area contributed by atoms with E-state index in [-0.39, 0.29) is 18.2 Å². The van der Waals surface area contributed by atoms with Crippen LogP contribution in [0.25, 0.3) is 0 Å². The van der Waals surface area contributed by atoms with Crippen LogP contribution in [0.1, 0.15) is 43.8 Å². The van der Waals surface area contributed by atoms with E-state index in [0.717, 1.165) is 17.0 Å². The van der Waals surface area contributed by atoms with Crippen LogP contribution < -0.4 is 20.3 Å². The zero-order valence-electron chi connectivity index (χ0n) is 20.9. The topological polar surface area (TPSA) is 124 Å². The summed E-state index contributed by atoms with van der Waals surface area (Å²) in [5, 5.41) is 13.4. The monoisotopic (exact) mass is 479 g/mol. The SMILES string of the molecule is Cc1cc(Nc2cc(C)[nH]n2)nc(N2CCN(C(=O)NC(C)c3ccc(OC(C)C)nc3)CC2)n1. The van der Waals surface area contributed by atoms with Crippen molar-refractivity contribution in [3.63, 3.8) is 0 Å². The molecule has 4 heterocycles. The van der Waals surface area contributed by atoms with Gasteiger partial charge in [0.15, 0.2) is 5.82 Å². The molecule has 35 heavy (non-hydrogen) atoms. The first kappa shape index (κ1) is 24.2. The average molecular weight is 480 g/mol. The maximum atomic E-state index is 12.9. The van der Waals surface area contributed by atoms with Gasteiger partial charge in [-0.15, -0.1) is 0 Å². The molecule has 2 amide bonds. The Hall–Kier alpha value is -3.89. The van der Waals surface area contributed by atoms with Gasteiger partial charge in [-0.25, -0.2) is 14.8 Å². The summed E-state index contributed by atoms with van der Waals surface area (Å²) in [5.41, 5.74) is 2.75. The Labute approximate surface area is 205 Å². The number of aryl methyl sites for hydroxylation is 2. The van der Waals surface area contributed by atoms with Gasteiger partial charge >= 0.3 is 6.03 Å². The molecular formula is C24H33N9O2. The predicted octanol–water partition coefficient (Wildman–Crippen LogP) is 3.34. The zero-order chi connectivity index (χ0) is 24.9. The summed E-state index contributed by atoms with van der Waals surface area (Å²) in [6.45, 7) is 12.2. The molecule has 0 saturated carbocycles. The highest BCUT2D eigenvalue weighted by atomic mass is 16.5. The first-order chi connectivity index (χ1) is 16.8. The van der Waals surface area contributed by atoms with Crippen LogP contribution in [0.15, 0.2) is 30.5 Å². The van der Waals surface area contributed by atoms with Crippen LogP contribution in [0.2, 0.25) is 0 Å². The minimum absolute atomic E-state index is 0.0672. The van der Waals surface area contributed by atoms with Gasteiger partial charge < -0.3 is 25.2 Å². The van der Waals surface area contributed by atoms with Crippen molar-refractivity contribution in [3.8, 4) is 5.88 Å². The van der Waals surface area contributed by atoms with E-state index in [1.54, 1.807) is 6.20 Å². The molecule has 0 bridgehead atoms. The summed E-state index contributed by atoms with van der Waals surface area (Å²) >= 11 is 0. The number of aromatic nitrogens is 5. The van der Waals surface area contributed by atoms with Crippen LogP contribution in [-0.2, 0) is 0 Å². The van der Waals surface area contributed by atoms with Crippen LogP contribution >= 0.6 is 0 Å². The summed E-state index contributed by atoms with van der Waals surface area (Å²) in [7, 11) is 0. The fourth-order valence-electron chi connectivity index (χ4n) is 3.80. The number of piperazine rings is 1. The number of nitrogens with one attached hydrogen (secondary N) is 3. The van der Waals surface area contributed by atoms with Gasteiger partial charge in [-0.2, -0.15) is 10.1 Å². The predicted molar refractivity (Wildman–Crippen MR) is 134 cm³/mol. The third-order valence-corrected chi connectivity index (χ3v) is 5.61. The quantitative estimate of drug-likeness (QED) is 0.471. The number of hydrogen-bond donors (Lipinski definition) is 3. The maximum absolute atomic E-state index is 12.9. The first-order valence-corrected chi connectivity index (χ1v) is 11.8. The number of aromatic amines is 1. The summed E-state index contributed by atoms with van der Waals surface area (Å²) in [4.78, 5) is 30.3. The van der Waals surface area contributed by atoms with Crippen molar-refractivity contribution in [2.75, 3.05) is 36.4 Å². The highest BCUT2D eigenvalue weighted by Gasteiger charge is 2.24. The van der Waals surface area contributed by atoms with Crippen molar-refractivity contribution in [2.24, 2.45) is 0 Å². The van der Waals surface area contributed by atoms with Gasteiger partial charge in [0, 0.05) is 62.0 Å². The van der Waals surface area contributed by atoms with Gasteiger partial charge in [-0.05, 0) is 40.2 Å². The summed E-state index contributed by atoms with van der Waals surface area (Å²) in [6.07, 6.45) is 1.81. The van der Waals surface area contributed by atoms with Gasteiger partial charge in [0.05, 0.1) is 12.1 Å². The van der Waals surface area contributed by atoms with Crippen molar-refractivity contribution in [3.05, 3.63) is 47.4 Å². The Balaban J connectivity index is 1.31. The lowest BCUT2D eigenvalue weighted by molar-refractivity contribution is 0.191. The number of nitrogens with zero attached hydrogens (tertiary/aromatic N) is 6. The van der Waals surface area contributed by atoms with Crippen molar-refractivity contribution < 1.29 is 9.53 Å². The number of H-pyrrole nitrogens is 1. The van der Waals surface area contributed by atoms with Gasteiger partial charge in [0.25, 0.3) is 0 Å². The number of carbonyl (C=O) groups is 1. The molecule has 11 nitrogen and oxygen atoms in total. The number of rotatable bonds is 7. The third kappa shape index (κ3) is 6.37. The van der Waals surface area contributed by atoms with Crippen molar-refractivity contribution in [1.29, 1.82) is 0 Å². The molecule has 0 spiro atoms. The first-order valence-electron chi connectivity index (χ1n) is 11.8. The van der Waals surface area contributed by atoms with Crippen molar-refractivity contribution in [2.45, 2.75) is 46.8 Å². The Morgan fingerprint density at radius 2 is 1.83 bits per heavy atom. The maximum Gasteiger partial charge on any atom is 0.317 e. The molecule has 186 valence electrons. The number of pyridine rings is 1. The minimum Gasteiger partial charge on any atom is -0.475 e. The number of carbonyl (C=O) groups excluding carboxylic acids is 1. The van der Waals surface area contributed by atoms with E-state index in [0.29, 0.717) is 49.6 Å². The number of urea groups is 1. The second-order valence-corrected chi connectivity index (χ2v) is 9.00. The fourth-order valence-corrected chi connectivity index (χ4v) is 3.80. The molecule has 3 N–H and O–H groups in total. The Kier molecular flexibility index (Phi) is 7.33. The van der Waals surface area contributed by atoms with Crippen LogP contribution in [-0.4, -0.2) is 68.4 Å². The zero-order valence-corrected chi connectivity index (χ0v) is 20.9. The molecule has 11 heteroatoms. The van der Waals surface area contributed by atoms with E-state index in [1.807, 2.05) is 63.8 Å². The number of hydrogen-bond acceptors (Lipinski definition) is 8. The van der Waals surface area contributed by atoms with Crippen LogP contribution in [0.4, 0.5) is 22.4 Å². The lowest BCUT2D eigenvalue weighted by Gasteiger charge is -2.35. The molecule has 4 rings (SSSR count). The van der Waals surface area contributed by atoms with Gasteiger partial charge in [-0.1, -0.05) is 6.07 Å². The third-order valence-electron chi connectivity index (χ3n) is 5.61. The summed E-state index contributed by atoms with van der Waals surface area (Å²) in [6, 6.07) is 7.30. The van der Waals surface area contributed by atoms with E-state index < -0.39 is 0 Å². The lowest BCUT2D eigenvalue weighted by Crippen LogP contribution is -2.52. The molecule has 1 unspecified atom stereocenters. The Morgan fingerprint density at radius 1 is 1.06 bits per heavy atom. The molecule has 1 aliphatic heterocycles. The van der Waals surface area contributed by atoms with Crippen LogP contribution in [0.5, 0.6) is 5.88 Å². The largest absolute Gasteiger partial charge is 0.475 e. The molecule has 0 aliphatic carbocycles. The molecule has 1 aliphatic rings. The van der Waals surface area contributed by atoms with E-state index >= 15 is 0 Å². The molecule has 3 aromatic heterocycles. The molecule has 1 atom stereocenters. The highest BCUT2D eigenvalue weighted by molar-refractivity contribution is 5.75. The summed E-state index contributed by atoms with van der Waals surface area (Å²) in [5.74, 6) is 2.61. The Morgan fingerprint density at radius 3 is 2.46 bits per heavy atom. The molecule has 1 fully saturated rings. The van der Waals surface area contributed by atoms with Gasteiger partial charge in [0.1, 0.15) is 5.82 Å². The standard InChI is InChI=1S/C24H33N9O2/c1-15(2)35-22-7-6-19(14-25-22)18(5)27-24(34)33-10-8-32(9-11-33)23-26-16(3)12-20(29-23)28-21-13-17(4)30-31-21/h6-7,12-15,18H,8-11H2,1-5H3,(H,27,34)(H2,26,28,29,30,31). The summed E-state index contributed by atoms with van der Waals surface area (Å²) < 4.78 is 5.59. The highest BCUT2D eigenvalue weighted by Crippen LogP contribution is 2.20.